The molecule has 3 aromatic rings. The van der Waals surface area contributed by atoms with Crippen LogP contribution in [0.25, 0.3) is 11.0 Å². The maximum absolute atomic E-state index is 13.1. The van der Waals surface area contributed by atoms with Crippen molar-refractivity contribution in [2.45, 2.75) is 32.5 Å². The topological polar surface area (TPSA) is 81.8 Å². The SMILES string of the molecule is CC(C)(C)n1ncc2c(=O)n(NC(=O)c3ccccc3C(F)(F)F)cnc21. The summed E-state index contributed by atoms with van der Waals surface area (Å²) in [5.41, 5.74) is -0.302. The van der Waals surface area contributed by atoms with Gasteiger partial charge in [-0.15, -0.1) is 0 Å². The largest absolute Gasteiger partial charge is 0.417 e. The molecule has 0 spiro atoms. The van der Waals surface area contributed by atoms with E-state index < -0.39 is 34.3 Å². The van der Waals surface area contributed by atoms with E-state index in [4.69, 9.17) is 0 Å². The maximum atomic E-state index is 13.1. The molecular formula is C17H16F3N5O2. The molecule has 0 saturated carbocycles. The van der Waals surface area contributed by atoms with Crippen molar-refractivity contribution < 1.29 is 18.0 Å². The summed E-state index contributed by atoms with van der Waals surface area (Å²) in [6.45, 7) is 5.63. The molecule has 1 N–H and O–H groups in total. The molecule has 142 valence electrons. The van der Waals surface area contributed by atoms with Crippen LogP contribution in [0, 0.1) is 0 Å². The molecule has 0 aliphatic carbocycles. The van der Waals surface area contributed by atoms with Crippen molar-refractivity contribution in [1.82, 2.24) is 19.4 Å². The highest BCUT2D eigenvalue weighted by Gasteiger charge is 2.35. The number of carbonyl (C=O) groups is 1. The fourth-order valence-corrected chi connectivity index (χ4v) is 2.58. The van der Waals surface area contributed by atoms with Gasteiger partial charge in [-0.3, -0.25) is 15.0 Å². The van der Waals surface area contributed by atoms with Crippen molar-refractivity contribution in [3.05, 3.63) is 58.3 Å². The van der Waals surface area contributed by atoms with Gasteiger partial charge in [0.15, 0.2) is 5.65 Å². The highest BCUT2D eigenvalue weighted by Crippen LogP contribution is 2.31. The monoisotopic (exact) mass is 379 g/mol. The van der Waals surface area contributed by atoms with Crippen molar-refractivity contribution in [3.63, 3.8) is 0 Å². The second-order valence-corrected chi connectivity index (χ2v) is 6.87. The summed E-state index contributed by atoms with van der Waals surface area (Å²) >= 11 is 0. The van der Waals surface area contributed by atoms with Crippen molar-refractivity contribution in [3.8, 4) is 0 Å². The number of nitrogens with one attached hydrogen (secondary N) is 1. The molecule has 0 saturated heterocycles. The predicted molar refractivity (Wildman–Crippen MR) is 91.9 cm³/mol. The van der Waals surface area contributed by atoms with E-state index in [1.807, 2.05) is 20.8 Å². The third-order valence-corrected chi connectivity index (χ3v) is 3.82. The van der Waals surface area contributed by atoms with Crippen LogP contribution in [0.2, 0.25) is 0 Å². The minimum absolute atomic E-state index is 0.136. The van der Waals surface area contributed by atoms with Crippen LogP contribution in [0.1, 0.15) is 36.7 Å². The van der Waals surface area contributed by atoms with E-state index in [9.17, 15) is 22.8 Å². The van der Waals surface area contributed by atoms with E-state index in [0.29, 0.717) is 5.65 Å². The number of hydrogen-bond donors (Lipinski definition) is 1. The molecule has 0 aliphatic heterocycles. The van der Waals surface area contributed by atoms with Gasteiger partial charge in [0.05, 0.1) is 22.9 Å². The molecule has 27 heavy (non-hydrogen) atoms. The average Bonchev–Trinajstić information content (AvgIpc) is 3.01. The first-order chi connectivity index (χ1) is 12.5. The van der Waals surface area contributed by atoms with Crippen molar-refractivity contribution in [1.29, 1.82) is 0 Å². The Hall–Kier alpha value is -3.17. The summed E-state index contributed by atoms with van der Waals surface area (Å²) in [6, 6.07) is 4.32. The molecule has 3 rings (SSSR count). The van der Waals surface area contributed by atoms with Gasteiger partial charge in [-0.25, -0.2) is 14.3 Å². The number of fused-ring (bicyclic) bond motifs is 1. The van der Waals surface area contributed by atoms with E-state index in [0.717, 1.165) is 23.1 Å². The van der Waals surface area contributed by atoms with Crippen LogP contribution >= 0.6 is 0 Å². The number of alkyl halides is 3. The lowest BCUT2D eigenvalue weighted by Crippen LogP contribution is -2.34. The first-order valence-corrected chi connectivity index (χ1v) is 7.93. The highest BCUT2D eigenvalue weighted by molar-refractivity contribution is 6.01. The summed E-state index contributed by atoms with van der Waals surface area (Å²) in [7, 11) is 0. The zero-order chi connectivity index (χ0) is 20.0. The van der Waals surface area contributed by atoms with E-state index in [1.54, 1.807) is 4.68 Å². The van der Waals surface area contributed by atoms with Crippen LogP contribution in [0.15, 0.2) is 41.6 Å². The van der Waals surface area contributed by atoms with Crippen LogP contribution in [-0.4, -0.2) is 25.3 Å². The Bertz CT molecular complexity index is 1080. The van der Waals surface area contributed by atoms with Crippen molar-refractivity contribution >= 4 is 16.9 Å². The van der Waals surface area contributed by atoms with E-state index in [2.05, 4.69) is 15.5 Å². The lowest BCUT2D eigenvalue weighted by molar-refractivity contribution is -0.137. The number of benzene rings is 1. The van der Waals surface area contributed by atoms with Crippen LogP contribution in [-0.2, 0) is 11.7 Å². The molecule has 7 nitrogen and oxygen atoms in total. The van der Waals surface area contributed by atoms with Gasteiger partial charge < -0.3 is 0 Å². The molecule has 0 fully saturated rings. The molecule has 0 aliphatic rings. The molecule has 0 bridgehead atoms. The first kappa shape index (κ1) is 18.6. The first-order valence-electron chi connectivity index (χ1n) is 7.93. The summed E-state index contributed by atoms with van der Waals surface area (Å²) in [4.78, 5) is 29.0. The zero-order valence-electron chi connectivity index (χ0n) is 14.7. The minimum Gasteiger partial charge on any atom is -0.267 e. The highest BCUT2D eigenvalue weighted by atomic mass is 19.4. The Morgan fingerprint density at radius 1 is 1.15 bits per heavy atom. The third kappa shape index (κ3) is 3.42. The normalized spacial score (nSPS) is 12.4. The zero-order valence-corrected chi connectivity index (χ0v) is 14.7. The molecule has 10 heteroatoms. The van der Waals surface area contributed by atoms with Gasteiger partial charge in [-0.05, 0) is 32.9 Å². The molecule has 2 heterocycles. The number of aromatic nitrogens is 4. The lowest BCUT2D eigenvalue weighted by Gasteiger charge is -2.19. The molecule has 0 radical (unpaired) electrons. The van der Waals surface area contributed by atoms with Crippen molar-refractivity contribution in [2.75, 3.05) is 5.43 Å². The van der Waals surface area contributed by atoms with Gasteiger partial charge in [0, 0.05) is 0 Å². The number of halogens is 3. The number of rotatable bonds is 2. The van der Waals surface area contributed by atoms with Gasteiger partial charge in [-0.1, -0.05) is 12.1 Å². The molecular weight excluding hydrogens is 363 g/mol. The molecule has 2 aromatic heterocycles. The number of hydrogen-bond acceptors (Lipinski definition) is 4. The number of amides is 1. The predicted octanol–water partition coefficient (Wildman–Crippen LogP) is 2.75. The second-order valence-electron chi connectivity index (χ2n) is 6.87. The molecule has 0 unspecified atom stereocenters. The molecule has 1 aromatic carbocycles. The molecule has 1 amide bonds. The Kier molecular flexibility index (Phi) is 4.29. The standard InChI is InChI=1S/C17H16F3N5O2/c1-16(2,3)25-13-11(8-22-25)15(27)24(9-21-13)23-14(26)10-6-4-5-7-12(10)17(18,19)20/h4-9H,1-3H3,(H,23,26). The smallest absolute Gasteiger partial charge is 0.267 e. The lowest BCUT2D eigenvalue weighted by atomic mass is 10.1. The van der Waals surface area contributed by atoms with Gasteiger partial charge >= 0.3 is 6.18 Å². The van der Waals surface area contributed by atoms with Gasteiger partial charge in [-0.2, -0.15) is 18.3 Å². The van der Waals surface area contributed by atoms with Crippen LogP contribution in [0.5, 0.6) is 0 Å². The van der Waals surface area contributed by atoms with Crippen LogP contribution in [0.3, 0.4) is 0 Å². The summed E-state index contributed by atoms with van der Waals surface area (Å²) in [5.74, 6) is -1.07. The van der Waals surface area contributed by atoms with Gasteiger partial charge in [0.25, 0.3) is 11.5 Å². The Labute approximate surface area is 151 Å². The second kappa shape index (κ2) is 6.22. The van der Waals surface area contributed by atoms with Crippen LogP contribution < -0.4 is 11.0 Å². The quantitative estimate of drug-likeness (QED) is 0.742. The summed E-state index contributed by atoms with van der Waals surface area (Å²) < 4.78 is 41.5. The average molecular weight is 379 g/mol. The van der Waals surface area contributed by atoms with Crippen molar-refractivity contribution in [2.24, 2.45) is 0 Å². The minimum atomic E-state index is -4.70. The fraction of sp³-hybridized carbons (Fsp3) is 0.294. The number of nitrogens with zero attached hydrogens (tertiary/aromatic N) is 4. The summed E-state index contributed by atoms with van der Waals surface area (Å²) in [5, 5.41) is 4.27. The van der Waals surface area contributed by atoms with E-state index in [-0.39, 0.29) is 5.39 Å². The third-order valence-electron chi connectivity index (χ3n) is 3.82. The van der Waals surface area contributed by atoms with E-state index >= 15 is 0 Å². The van der Waals surface area contributed by atoms with Gasteiger partial charge in [0.1, 0.15) is 11.7 Å². The Morgan fingerprint density at radius 3 is 2.44 bits per heavy atom. The van der Waals surface area contributed by atoms with Crippen LogP contribution in [0.4, 0.5) is 13.2 Å². The maximum Gasteiger partial charge on any atom is 0.417 e. The molecule has 0 atom stereocenters. The Balaban J connectivity index is 2.00. The number of carbonyl (C=O) groups excluding carboxylic acids is 1. The fourth-order valence-electron chi connectivity index (χ4n) is 2.58. The Morgan fingerprint density at radius 2 is 1.81 bits per heavy atom. The van der Waals surface area contributed by atoms with Gasteiger partial charge in [0.2, 0.25) is 0 Å². The summed E-state index contributed by atoms with van der Waals surface area (Å²) in [6.07, 6.45) is -2.35. The van der Waals surface area contributed by atoms with E-state index in [1.165, 1.54) is 18.3 Å².